The summed E-state index contributed by atoms with van der Waals surface area (Å²) in [6.45, 7) is 4.27. The summed E-state index contributed by atoms with van der Waals surface area (Å²) < 4.78 is 0. The average Bonchev–Trinajstić information content (AvgIpc) is 2.80. The van der Waals surface area contributed by atoms with Gasteiger partial charge in [0.05, 0.1) is 16.3 Å². The van der Waals surface area contributed by atoms with Gasteiger partial charge in [-0.2, -0.15) is 0 Å². The van der Waals surface area contributed by atoms with E-state index in [2.05, 4.69) is 18.8 Å². The summed E-state index contributed by atoms with van der Waals surface area (Å²) in [5.74, 6) is 1.05. The minimum Gasteiger partial charge on any atom is -0.293 e. The summed E-state index contributed by atoms with van der Waals surface area (Å²) in [4.78, 5) is 18.9. The molecular formula is C16H16ClNOS2. The van der Waals surface area contributed by atoms with Crippen LogP contribution in [-0.4, -0.2) is 10.8 Å². The minimum atomic E-state index is 0.0404. The van der Waals surface area contributed by atoms with Gasteiger partial charge in [0.15, 0.2) is 5.78 Å². The van der Waals surface area contributed by atoms with Gasteiger partial charge in [-0.25, -0.2) is 4.98 Å². The average molecular weight is 338 g/mol. The standard InChI is InChI=1S/C16H16ClNOS2/c1-16(2)7-12-15(13(19)8-16)21-14(18-12)9-20-11-5-3-10(17)4-6-11/h3-6H,7-9H2,1-2H3. The Kier molecular flexibility index (Phi) is 4.12. The zero-order valence-corrected chi connectivity index (χ0v) is 14.4. The van der Waals surface area contributed by atoms with E-state index in [1.54, 1.807) is 23.1 Å². The first-order valence-corrected chi connectivity index (χ1v) is 9.01. The molecule has 1 aliphatic carbocycles. The summed E-state index contributed by atoms with van der Waals surface area (Å²) in [5, 5.41) is 1.78. The van der Waals surface area contributed by atoms with Crippen molar-refractivity contribution in [1.29, 1.82) is 0 Å². The lowest BCUT2D eigenvalue weighted by Crippen LogP contribution is -2.25. The Morgan fingerprint density at radius 1 is 1.29 bits per heavy atom. The summed E-state index contributed by atoms with van der Waals surface area (Å²) in [6.07, 6.45) is 1.53. The predicted molar refractivity (Wildman–Crippen MR) is 89.6 cm³/mol. The minimum absolute atomic E-state index is 0.0404. The second-order valence-corrected chi connectivity index (χ2v) is 8.64. The largest absolute Gasteiger partial charge is 0.293 e. The van der Waals surface area contributed by atoms with Crippen molar-refractivity contribution in [3.8, 4) is 0 Å². The Hall–Kier alpha value is -0.840. The van der Waals surface area contributed by atoms with Crippen molar-refractivity contribution in [2.24, 2.45) is 5.41 Å². The molecule has 0 fully saturated rings. The fourth-order valence-electron chi connectivity index (χ4n) is 2.51. The highest BCUT2D eigenvalue weighted by molar-refractivity contribution is 7.98. The first kappa shape index (κ1) is 15.1. The van der Waals surface area contributed by atoms with Crippen LogP contribution in [0.4, 0.5) is 0 Å². The number of ketones is 1. The molecule has 0 radical (unpaired) electrons. The van der Waals surface area contributed by atoms with Crippen molar-refractivity contribution in [3.05, 3.63) is 44.9 Å². The molecule has 0 saturated carbocycles. The number of Topliss-reactive ketones (excluding diaryl/α,β-unsaturated/α-hetero) is 1. The van der Waals surface area contributed by atoms with Gasteiger partial charge in [-0.05, 0) is 36.1 Å². The second kappa shape index (κ2) is 5.75. The maximum absolute atomic E-state index is 12.2. The van der Waals surface area contributed by atoms with Crippen molar-refractivity contribution < 1.29 is 4.79 Å². The molecule has 1 aliphatic rings. The number of benzene rings is 1. The third-order valence-electron chi connectivity index (χ3n) is 3.46. The van der Waals surface area contributed by atoms with Crippen molar-refractivity contribution in [1.82, 2.24) is 4.98 Å². The Morgan fingerprint density at radius 3 is 2.71 bits per heavy atom. The number of fused-ring (bicyclic) bond motifs is 1. The highest BCUT2D eigenvalue weighted by atomic mass is 35.5. The quantitative estimate of drug-likeness (QED) is 0.717. The molecule has 5 heteroatoms. The fourth-order valence-corrected chi connectivity index (χ4v) is 4.54. The lowest BCUT2D eigenvalue weighted by Gasteiger charge is -2.26. The molecule has 0 bridgehead atoms. The van der Waals surface area contributed by atoms with Crippen LogP contribution in [0.3, 0.4) is 0 Å². The summed E-state index contributed by atoms with van der Waals surface area (Å²) >= 11 is 9.17. The maximum atomic E-state index is 12.2. The van der Waals surface area contributed by atoms with Crippen LogP contribution in [-0.2, 0) is 12.2 Å². The molecular weight excluding hydrogens is 322 g/mol. The lowest BCUT2D eigenvalue weighted by molar-refractivity contribution is 0.0916. The smallest absolute Gasteiger partial charge is 0.175 e. The first-order valence-electron chi connectivity index (χ1n) is 6.83. The van der Waals surface area contributed by atoms with Crippen LogP contribution in [0.2, 0.25) is 5.02 Å². The zero-order chi connectivity index (χ0) is 15.0. The lowest BCUT2D eigenvalue weighted by atomic mass is 9.78. The van der Waals surface area contributed by atoms with Crippen LogP contribution in [0.25, 0.3) is 0 Å². The number of hydrogen-bond acceptors (Lipinski definition) is 4. The van der Waals surface area contributed by atoms with Crippen molar-refractivity contribution in [2.45, 2.75) is 37.3 Å². The summed E-state index contributed by atoms with van der Waals surface area (Å²) in [5.41, 5.74) is 1.03. The molecule has 0 amide bonds. The number of nitrogens with zero attached hydrogens (tertiary/aromatic N) is 1. The molecule has 2 aromatic rings. The van der Waals surface area contributed by atoms with E-state index >= 15 is 0 Å². The maximum Gasteiger partial charge on any atom is 0.175 e. The van der Waals surface area contributed by atoms with Gasteiger partial charge in [-0.3, -0.25) is 4.79 Å². The number of halogens is 1. The molecule has 0 aliphatic heterocycles. The Balaban J connectivity index is 1.73. The Morgan fingerprint density at radius 2 is 2.00 bits per heavy atom. The van der Waals surface area contributed by atoms with Gasteiger partial charge < -0.3 is 0 Å². The zero-order valence-electron chi connectivity index (χ0n) is 12.0. The molecule has 1 heterocycles. The molecule has 3 rings (SSSR count). The predicted octanol–water partition coefficient (Wildman–Crippen LogP) is 5.24. The molecule has 0 unspecified atom stereocenters. The fraction of sp³-hybridized carbons (Fsp3) is 0.375. The van der Waals surface area contributed by atoms with Crippen LogP contribution >= 0.6 is 34.7 Å². The third-order valence-corrected chi connectivity index (χ3v) is 6.05. The number of hydrogen-bond donors (Lipinski definition) is 0. The van der Waals surface area contributed by atoms with Crippen molar-refractivity contribution >= 4 is 40.5 Å². The molecule has 110 valence electrons. The van der Waals surface area contributed by atoms with Gasteiger partial charge in [0.1, 0.15) is 5.01 Å². The first-order chi connectivity index (χ1) is 9.93. The van der Waals surface area contributed by atoms with Crippen LogP contribution < -0.4 is 0 Å². The van der Waals surface area contributed by atoms with Crippen molar-refractivity contribution in [2.75, 3.05) is 0 Å². The number of aromatic nitrogens is 1. The van der Waals surface area contributed by atoms with Gasteiger partial charge in [0.25, 0.3) is 0 Å². The van der Waals surface area contributed by atoms with Crippen LogP contribution in [0.1, 0.15) is 40.6 Å². The molecule has 0 atom stereocenters. The molecule has 0 spiro atoms. The van der Waals surface area contributed by atoms with E-state index in [1.807, 2.05) is 24.3 Å². The molecule has 21 heavy (non-hydrogen) atoms. The van der Waals surface area contributed by atoms with Gasteiger partial charge in [-0.1, -0.05) is 25.4 Å². The number of thioether (sulfide) groups is 1. The topological polar surface area (TPSA) is 30.0 Å². The van der Waals surface area contributed by atoms with E-state index in [4.69, 9.17) is 11.6 Å². The molecule has 0 N–H and O–H groups in total. The number of carbonyl (C=O) groups excluding carboxylic acids is 1. The van der Waals surface area contributed by atoms with Crippen LogP contribution in [0.15, 0.2) is 29.2 Å². The Labute approximate surface area is 137 Å². The van der Waals surface area contributed by atoms with Gasteiger partial charge >= 0.3 is 0 Å². The van der Waals surface area contributed by atoms with E-state index in [0.29, 0.717) is 6.42 Å². The van der Waals surface area contributed by atoms with E-state index < -0.39 is 0 Å². The van der Waals surface area contributed by atoms with Crippen LogP contribution in [0.5, 0.6) is 0 Å². The van der Waals surface area contributed by atoms with E-state index in [-0.39, 0.29) is 11.2 Å². The van der Waals surface area contributed by atoms with Crippen molar-refractivity contribution in [3.63, 3.8) is 0 Å². The molecule has 1 aromatic heterocycles. The highest BCUT2D eigenvalue weighted by Gasteiger charge is 2.33. The summed E-state index contributed by atoms with van der Waals surface area (Å²) in [6, 6.07) is 7.80. The normalized spacial score (nSPS) is 16.8. The molecule has 2 nitrogen and oxygen atoms in total. The van der Waals surface area contributed by atoms with E-state index in [0.717, 1.165) is 32.8 Å². The molecule has 1 aromatic carbocycles. The highest BCUT2D eigenvalue weighted by Crippen LogP contribution is 2.38. The number of carbonyl (C=O) groups is 1. The van der Waals surface area contributed by atoms with Gasteiger partial charge in [0, 0.05) is 16.3 Å². The molecule has 0 saturated heterocycles. The van der Waals surface area contributed by atoms with Gasteiger partial charge in [0.2, 0.25) is 0 Å². The summed E-state index contributed by atoms with van der Waals surface area (Å²) in [7, 11) is 0. The third kappa shape index (κ3) is 3.50. The van der Waals surface area contributed by atoms with Gasteiger partial charge in [-0.15, -0.1) is 23.1 Å². The van der Waals surface area contributed by atoms with E-state index in [9.17, 15) is 4.79 Å². The monoisotopic (exact) mass is 337 g/mol. The number of thiazole rings is 1. The van der Waals surface area contributed by atoms with E-state index in [1.165, 1.54) is 4.90 Å². The SMILES string of the molecule is CC1(C)CC(=O)c2sc(CSc3ccc(Cl)cc3)nc2C1. The number of rotatable bonds is 3. The Bertz CT molecular complexity index is 676. The van der Waals surface area contributed by atoms with Crippen LogP contribution in [0, 0.1) is 5.41 Å². The second-order valence-electron chi connectivity index (χ2n) is 6.07.